The van der Waals surface area contributed by atoms with Crippen LogP contribution in [0.15, 0.2) is 48.8 Å². The molecule has 0 atom stereocenters. The standard InChI is InChI=1S/C19H20N6O/c1-14-11-16(24-9-2-3-10-24)7-8-18(14)21-19(26)15-5-4-6-17(12-15)25-13-20-22-23-25/h4-8,11-13H,2-3,9-10H2,1H3,(H,21,26). The minimum absolute atomic E-state index is 0.156. The zero-order chi connectivity index (χ0) is 17.9. The minimum Gasteiger partial charge on any atom is -0.372 e. The molecule has 26 heavy (non-hydrogen) atoms. The van der Waals surface area contributed by atoms with Crippen LogP contribution in [0, 0.1) is 6.92 Å². The number of hydrogen-bond acceptors (Lipinski definition) is 5. The lowest BCUT2D eigenvalue weighted by atomic mass is 10.1. The van der Waals surface area contributed by atoms with Crippen molar-refractivity contribution in [3.05, 3.63) is 59.9 Å². The summed E-state index contributed by atoms with van der Waals surface area (Å²) < 4.78 is 1.52. The predicted octanol–water partition coefficient (Wildman–Crippen LogP) is 2.82. The van der Waals surface area contributed by atoms with Crippen molar-refractivity contribution in [2.24, 2.45) is 0 Å². The summed E-state index contributed by atoms with van der Waals surface area (Å²) >= 11 is 0. The monoisotopic (exact) mass is 348 g/mol. The van der Waals surface area contributed by atoms with Gasteiger partial charge in [0.15, 0.2) is 0 Å². The second-order valence-electron chi connectivity index (χ2n) is 6.45. The van der Waals surface area contributed by atoms with Crippen molar-refractivity contribution in [3.63, 3.8) is 0 Å². The zero-order valence-corrected chi connectivity index (χ0v) is 14.6. The van der Waals surface area contributed by atoms with Gasteiger partial charge in [0.05, 0.1) is 5.69 Å². The van der Waals surface area contributed by atoms with Crippen LogP contribution in [0.3, 0.4) is 0 Å². The van der Waals surface area contributed by atoms with Gasteiger partial charge in [0, 0.05) is 30.0 Å². The highest BCUT2D eigenvalue weighted by molar-refractivity contribution is 6.05. The summed E-state index contributed by atoms with van der Waals surface area (Å²) in [5, 5.41) is 14.1. The van der Waals surface area contributed by atoms with Crippen molar-refractivity contribution >= 4 is 17.3 Å². The molecule has 0 spiro atoms. The van der Waals surface area contributed by atoms with Gasteiger partial charge in [0.2, 0.25) is 0 Å². The molecule has 1 amide bonds. The van der Waals surface area contributed by atoms with Crippen molar-refractivity contribution in [1.82, 2.24) is 20.2 Å². The van der Waals surface area contributed by atoms with Crippen molar-refractivity contribution < 1.29 is 4.79 Å². The number of amides is 1. The molecule has 3 aromatic rings. The molecule has 1 aliphatic rings. The molecular weight excluding hydrogens is 328 g/mol. The van der Waals surface area contributed by atoms with Gasteiger partial charge in [0.1, 0.15) is 6.33 Å². The molecular formula is C19H20N6O. The number of carbonyl (C=O) groups excluding carboxylic acids is 1. The molecule has 4 rings (SSSR count). The van der Waals surface area contributed by atoms with Crippen LogP contribution in [-0.4, -0.2) is 39.2 Å². The molecule has 1 fully saturated rings. The van der Waals surface area contributed by atoms with Crippen LogP contribution in [0.25, 0.3) is 5.69 Å². The van der Waals surface area contributed by atoms with E-state index in [0.717, 1.165) is 30.0 Å². The molecule has 0 unspecified atom stereocenters. The van der Waals surface area contributed by atoms with E-state index < -0.39 is 0 Å². The van der Waals surface area contributed by atoms with E-state index in [1.54, 1.807) is 12.1 Å². The SMILES string of the molecule is Cc1cc(N2CCCC2)ccc1NC(=O)c1cccc(-n2cnnn2)c1. The first-order chi connectivity index (χ1) is 12.7. The third kappa shape index (κ3) is 3.28. The number of carbonyl (C=O) groups is 1. The Labute approximate surface area is 151 Å². The minimum atomic E-state index is -0.156. The Morgan fingerprint density at radius 2 is 1.92 bits per heavy atom. The van der Waals surface area contributed by atoms with Crippen LogP contribution >= 0.6 is 0 Å². The Balaban J connectivity index is 1.52. The van der Waals surface area contributed by atoms with Gasteiger partial charge in [-0.3, -0.25) is 4.79 Å². The normalized spacial score (nSPS) is 13.8. The molecule has 1 aliphatic heterocycles. The number of aryl methyl sites for hydroxylation is 1. The smallest absolute Gasteiger partial charge is 0.255 e. The first kappa shape index (κ1) is 16.3. The van der Waals surface area contributed by atoms with Gasteiger partial charge in [-0.25, -0.2) is 4.68 Å². The lowest BCUT2D eigenvalue weighted by Crippen LogP contribution is -2.18. The van der Waals surface area contributed by atoms with E-state index in [1.807, 2.05) is 25.1 Å². The quantitative estimate of drug-likeness (QED) is 0.785. The Bertz CT molecular complexity index is 916. The van der Waals surface area contributed by atoms with Crippen LogP contribution in [0.2, 0.25) is 0 Å². The molecule has 1 aromatic heterocycles. The van der Waals surface area contributed by atoms with Gasteiger partial charge < -0.3 is 10.2 Å². The summed E-state index contributed by atoms with van der Waals surface area (Å²) in [5.74, 6) is -0.156. The summed E-state index contributed by atoms with van der Waals surface area (Å²) in [4.78, 5) is 15.0. The zero-order valence-electron chi connectivity index (χ0n) is 14.6. The molecule has 1 saturated heterocycles. The Hall–Kier alpha value is -3.22. The lowest BCUT2D eigenvalue weighted by Gasteiger charge is -2.19. The Morgan fingerprint density at radius 1 is 1.08 bits per heavy atom. The maximum atomic E-state index is 12.6. The highest BCUT2D eigenvalue weighted by atomic mass is 16.1. The van der Waals surface area contributed by atoms with Crippen molar-refractivity contribution in [2.75, 3.05) is 23.3 Å². The molecule has 0 bridgehead atoms. The second-order valence-corrected chi connectivity index (χ2v) is 6.45. The van der Waals surface area contributed by atoms with Crippen molar-refractivity contribution in [1.29, 1.82) is 0 Å². The molecule has 132 valence electrons. The Kier molecular flexibility index (Phi) is 4.35. The predicted molar refractivity (Wildman–Crippen MR) is 99.7 cm³/mol. The molecule has 0 aliphatic carbocycles. The number of benzene rings is 2. The fourth-order valence-corrected chi connectivity index (χ4v) is 3.22. The van der Waals surface area contributed by atoms with Crippen LogP contribution in [0.5, 0.6) is 0 Å². The summed E-state index contributed by atoms with van der Waals surface area (Å²) in [5.41, 5.74) is 4.40. The van der Waals surface area contributed by atoms with E-state index in [0.29, 0.717) is 5.56 Å². The fourth-order valence-electron chi connectivity index (χ4n) is 3.22. The average molecular weight is 348 g/mol. The van der Waals surface area contributed by atoms with Gasteiger partial charge in [-0.2, -0.15) is 0 Å². The van der Waals surface area contributed by atoms with E-state index in [4.69, 9.17) is 0 Å². The van der Waals surface area contributed by atoms with E-state index in [2.05, 4.69) is 37.9 Å². The Morgan fingerprint density at radius 3 is 2.65 bits per heavy atom. The lowest BCUT2D eigenvalue weighted by molar-refractivity contribution is 0.102. The van der Waals surface area contributed by atoms with Crippen molar-refractivity contribution in [2.45, 2.75) is 19.8 Å². The molecule has 0 radical (unpaired) electrons. The van der Waals surface area contributed by atoms with Gasteiger partial charge in [-0.1, -0.05) is 6.07 Å². The van der Waals surface area contributed by atoms with E-state index in [1.165, 1.54) is 29.5 Å². The topological polar surface area (TPSA) is 75.9 Å². The van der Waals surface area contributed by atoms with Crippen LogP contribution < -0.4 is 10.2 Å². The summed E-state index contributed by atoms with van der Waals surface area (Å²) in [7, 11) is 0. The molecule has 2 heterocycles. The van der Waals surface area contributed by atoms with Gasteiger partial charge in [0.25, 0.3) is 5.91 Å². The molecule has 7 nitrogen and oxygen atoms in total. The number of anilines is 2. The molecule has 7 heteroatoms. The molecule has 2 aromatic carbocycles. The maximum Gasteiger partial charge on any atom is 0.255 e. The average Bonchev–Trinajstić information content (AvgIpc) is 3.37. The first-order valence-electron chi connectivity index (χ1n) is 8.71. The number of aromatic nitrogens is 4. The van der Waals surface area contributed by atoms with E-state index >= 15 is 0 Å². The highest BCUT2D eigenvalue weighted by Crippen LogP contribution is 2.26. The van der Waals surface area contributed by atoms with Crippen molar-refractivity contribution in [3.8, 4) is 5.69 Å². The summed E-state index contributed by atoms with van der Waals surface area (Å²) in [6.07, 6.45) is 3.99. The van der Waals surface area contributed by atoms with E-state index in [9.17, 15) is 4.79 Å². The third-order valence-electron chi connectivity index (χ3n) is 4.65. The van der Waals surface area contributed by atoms with Crippen LogP contribution in [0.4, 0.5) is 11.4 Å². The largest absolute Gasteiger partial charge is 0.372 e. The van der Waals surface area contributed by atoms with Gasteiger partial charge in [-0.05, 0) is 72.2 Å². The number of rotatable bonds is 4. The summed E-state index contributed by atoms with van der Waals surface area (Å²) in [6, 6.07) is 13.4. The molecule has 0 saturated carbocycles. The number of hydrogen-bond donors (Lipinski definition) is 1. The van der Waals surface area contributed by atoms with E-state index in [-0.39, 0.29) is 5.91 Å². The number of nitrogens with one attached hydrogen (secondary N) is 1. The van der Waals surface area contributed by atoms with Gasteiger partial charge in [-0.15, -0.1) is 5.10 Å². The molecule has 1 N–H and O–H groups in total. The number of tetrazole rings is 1. The maximum absolute atomic E-state index is 12.6. The highest BCUT2D eigenvalue weighted by Gasteiger charge is 2.14. The number of nitrogens with zero attached hydrogens (tertiary/aromatic N) is 5. The first-order valence-corrected chi connectivity index (χ1v) is 8.71. The van der Waals surface area contributed by atoms with Gasteiger partial charge >= 0.3 is 0 Å². The second kappa shape index (κ2) is 6.95. The van der Waals surface area contributed by atoms with Crippen LogP contribution in [-0.2, 0) is 0 Å². The third-order valence-corrected chi connectivity index (χ3v) is 4.65. The fraction of sp³-hybridized carbons (Fsp3) is 0.263. The van der Waals surface area contributed by atoms with Crippen LogP contribution in [0.1, 0.15) is 28.8 Å². The summed E-state index contributed by atoms with van der Waals surface area (Å²) in [6.45, 7) is 4.23.